The molecule has 6 heteroatoms. The number of rotatable bonds is 3. The molecular weight excluding hydrogens is 374 g/mol. The molecule has 4 nitrogen and oxygen atoms in total. The van der Waals surface area contributed by atoms with Crippen LogP contribution < -0.4 is 5.73 Å². The van der Waals surface area contributed by atoms with Crippen molar-refractivity contribution in [3.05, 3.63) is 27.7 Å². The number of nitrogens with two attached hydrogens (primary N) is 1. The topological polar surface area (TPSA) is 59.2 Å². The number of benzene rings is 1. The monoisotopic (exact) mass is 395 g/mol. The molecule has 1 unspecified atom stereocenters. The fourth-order valence-electron chi connectivity index (χ4n) is 3.01. The summed E-state index contributed by atoms with van der Waals surface area (Å²) >= 11 is 5.14. The highest BCUT2D eigenvalue weighted by molar-refractivity contribution is 9.10. The number of aromatic nitrogens is 1. The molecule has 124 valence electrons. The molecule has 0 saturated carbocycles. The zero-order valence-electron chi connectivity index (χ0n) is 13.5. The maximum atomic E-state index is 12.5. The standard InChI is InChI=1S/C17H22BrN3OS/c1-17(2)10-21(8-7-14(17)19)16(22)6-5-15-20-12-9-11(18)3-4-13(12)23-15/h3-4,9,14H,5-8,10,19H2,1-2H3. The van der Waals surface area contributed by atoms with Crippen molar-refractivity contribution >= 4 is 43.4 Å². The molecule has 2 aromatic rings. The predicted octanol–water partition coefficient (Wildman–Crippen LogP) is 3.58. The second kappa shape index (κ2) is 6.49. The summed E-state index contributed by atoms with van der Waals surface area (Å²) in [5.41, 5.74) is 7.14. The van der Waals surface area contributed by atoms with Crippen molar-refractivity contribution in [2.45, 2.75) is 39.2 Å². The van der Waals surface area contributed by atoms with Gasteiger partial charge in [-0.2, -0.15) is 0 Å². The van der Waals surface area contributed by atoms with Crippen molar-refractivity contribution in [3.8, 4) is 0 Å². The number of amides is 1. The van der Waals surface area contributed by atoms with Crippen LogP contribution in [0.3, 0.4) is 0 Å². The number of fused-ring (bicyclic) bond motifs is 1. The molecule has 1 aliphatic heterocycles. The predicted molar refractivity (Wildman–Crippen MR) is 98.6 cm³/mol. The van der Waals surface area contributed by atoms with Crippen LogP contribution in [0.25, 0.3) is 10.2 Å². The van der Waals surface area contributed by atoms with Gasteiger partial charge in [-0.3, -0.25) is 4.79 Å². The second-order valence-corrected chi connectivity index (χ2v) is 8.95. The molecule has 0 radical (unpaired) electrons. The second-order valence-electron chi connectivity index (χ2n) is 6.92. The van der Waals surface area contributed by atoms with Crippen LogP contribution in [-0.4, -0.2) is 34.9 Å². The molecule has 0 spiro atoms. The molecule has 1 aliphatic rings. The zero-order chi connectivity index (χ0) is 16.6. The average Bonchev–Trinajstić information content (AvgIpc) is 2.89. The summed E-state index contributed by atoms with van der Waals surface area (Å²) < 4.78 is 2.20. The SMILES string of the molecule is CC1(C)CN(C(=O)CCc2nc3cc(Br)ccc3s2)CCC1N. The Morgan fingerprint density at radius 3 is 3.04 bits per heavy atom. The lowest BCUT2D eigenvalue weighted by atomic mass is 9.79. The lowest BCUT2D eigenvalue weighted by Gasteiger charge is -2.42. The van der Waals surface area contributed by atoms with E-state index in [1.807, 2.05) is 17.0 Å². The zero-order valence-corrected chi connectivity index (χ0v) is 15.9. The molecule has 1 atom stereocenters. The Kier molecular flexibility index (Phi) is 4.76. The van der Waals surface area contributed by atoms with Crippen LogP contribution in [0, 0.1) is 5.41 Å². The van der Waals surface area contributed by atoms with Gasteiger partial charge in [0.1, 0.15) is 0 Å². The number of aryl methyl sites for hydroxylation is 1. The quantitative estimate of drug-likeness (QED) is 0.863. The van der Waals surface area contributed by atoms with Crippen LogP contribution in [0.15, 0.2) is 22.7 Å². The van der Waals surface area contributed by atoms with Gasteiger partial charge >= 0.3 is 0 Å². The number of carbonyl (C=O) groups excluding carboxylic acids is 1. The van der Waals surface area contributed by atoms with E-state index in [1.165, 1.54) is 4.70 Å². The molecule has 23 heavy (non-hydrogen) atoms. The van der Waals surface area contributed by atoms with Crippen molar-refractivity contribution in [2.75, 3.05) is 13.1 Å². The number of carbonyl (C=O) groups is 1. The van der Waals surface area contributed by atoms with Crippen molar-refractivity contribution in [2.24, 2.45) is 11.1 Å². The normalized spacial score (nSPS) is 20.9. The fraction of sp³-hybridized carbons (Fsp3) is 0.529. The first-order chi connectivity index (χ1) is 10.8. The Hall–Kier alpha value is -0.980. The van der Waals surface area contributed by atoms with Gasteiger partial charge in [0.25, 0.3) is 0 Å². The minimum atomic E-state index is -0.00392. The molecule has 2 N–H and O–H groups in total. The molecule has 1 aromatic carbocycles. The van der Waals surface area contributed by atoms with E-state index < -0.39 is 0 Å². The Morgan fingerprint density at radius 1 is 1.52 bits per heavy atom. The molecule has 3 rings (SSSR count). The summed E-state index contributed by atoms with van der Waals surface area (Å²) in [4.78, 5) is 19.1. The van der Waals surface area contributed by atoms with Crippen molar-refractivity contribution in [1.29, 1.82) is 0 Å². The van der Waals surface area contributed by atoms with E-state index in [0.717, 1.165) is 34.5 Å². The summed E-state index contributed by atoms with van der Waals surface area (Å²) in [5, 5.41) is 1.03. The maximum Gasteiger partial charge on any atom is 0.223 e. The van der Waals surface area contributed by atoms with Gasteiger partial charge < -0.3 is 10.6 Å². The Bertz CT molecular complexity index is 728. The third-order valence-corrected chi connectivity index (χ3v) is 6.20. The van der Waals surface area contributed by atoms with E-state index in [1.54, 1.807) is 11.3 Å². The minimum Gasteiger partial charge on any atom is -0.342 e. The summed E-state index contributed by atoms with van der Waals surface area (Å²) in [7, 11) is 0. The fourth-order valence-corrected chi connectivity index (χ4v) is 4.31. The summed E-state index contributed by atoms with van der Waals surface area (Å²) in [6, 6.07) is 6.28. The number of thiazole rings is 1. The van der Waals surface area contributed by atoms with Crippen molar-refractivity contribution in [1.82, 2.24) is 9.88 Å². The third-order valence-electron chi connectivity index (χ3n) is 4.61. The van der Waals surface area contributed by atoms with Crippen LogP contribution in [-0.2, 0) is 11.2 Å². The number of halogens is 1. The molecular formula is C17H22BrN3OS. The number of likely N-dealkylation sites (tertiary alicyclic amines) is 1. The largest absolute Gasteiger partial charge is 0.342 e. The van der Waals surface area contributed by atoms with Gasteiger partial charge in [-0.05, 0) is 30.0 Å². The molecule has 1 fully saturated rings. The van der Waals surface area contributed by atoms with Gasteiger partial charge in [-0.1, -0.05) is 29.8 Å². The molecule has 0 aliphatic carbocycles. The molecule has 0 bridgehead atoms. The highest BCUT2D eigenvalue weighted by Gasteiger charge is 2.35. The maximum absolute atomic E-state index is 12.5. The Labute approximate surface area is 149 Å². The van der Waals surface area contributed by atoms with Crippen LogP contribution in [0.1, 0.15) is 31.7 Å². The van der Waals surface area contributed by atoms with Crippen molar-refractivity contribution < 1.29 is 4.79 Å². The molecule has 1 aromatic heterocycles. The Morgan fingerprint density at radius 2 is 2.30 bits per heavy atom. The molecule has 2 heterocycles. The first-order valence-electron chi connectivity index (χ1n) is 7.93. The highest BCUT2D eigenvalue weighted by atomic mass is 79.9. The van der Waals surface area contributed by atoms with Crippen LogP contribution in [0.5, 0.6) is 0 Å². The summed E-state index contributed by atoms with van der Waals surface area (Å²) in [5.74, 6) is 0.213. The third kappa shape index (κ3) is 3.75. The van der Waals surface area contributed by atoms with E-state index in [4.69, 9.17) is 5.73 Å². The van der Waals surface area contributed by atoms with E-state index >= 15 is 0 Å². The summed E-state index contributed by atoms with van der Waals surface area (Å²) in [6.07, 6.45) is 2.11. The van der Waals surface area contributed by atoms with E-state index in [-0.39, 0.29) is 17.4 Å². The smallest absolute Gasteiger partial charge is 0.223 e. The van der Waals surface area contributed by atoms with Crippen LogP contribution in [0.4, 0.5) is 0 Å². The van der Waals surface area contributed by atoms with E-state index in [2.05, 4.69) is 40.8 Å². The average molecular weight is 396 g/mol. The van der Waals surface area contributed by atoms with Gasteiger partial charge in [0.2, 0.25) is 5.91 Å². The molecule has 1 amide bonds. The first kappa shape index (κ1) is 16.9. The number of nitrogens with zero attached hydrogens (tertiary/aromatic N) is 2. The van der Waals surface area contributed by atoms with Gasteiger partial charge in [0.15, 0.2) is 0 Å². The number of piperidine rings is 1. The van der Waals surface area contributed by atoms with Gasteiger partial charge in [-0.15, -0.1) is 11.3 Å². The van der Waals surface area contributed by atoms with E-state index in [0.29, 0.717) is 12.8 Å². The number of hydrogen-bond acceptors (Lipinski definition) is 4. The van der Waals surface area contributed by atoms with Crippen LogP contribution >= 0.6 is 27.3 Å². The van der Waals surface area contributed by atoms with Crippen LogP contribution in [0.2, 0.25) is 0 Å². The molecule has 1 saturated heterocycles. The Balaban J connectivity index is 1.62. The lowest BCUT2D eigenvalue weighted by Crippen LogP contribution is -2.54. The van der Waals surface area contributed by atoms with Gasteiger partial charge in [-0.25, -0.2) is 4.98 Å². The first-order valence-corrected chi connectivity index (χ1v) is 9.54. The summed E-state index contributed by atoms with van der Waals surface area (Å²) in [6.45, 7) is 5.81. The highest BCUT2D eigenvalue weighted by Crippen LogP contribution is 2.29. The van der Waals surface area contributed by atoms with Gasteiger partial charge in [0, 0.05) is 36.4 Å². The number of hydrogen-bond donors (Lipinski definition) is 1. The van der Waals surface area contributed by atoms with Crippen molar-refractivity contribution in [3.63, 3.8) is 0 Å². The van der Waals surface area contributed by atoms with E-state index in [9.17, 15) is 4.79 Å². The lowest BCUT2D eigenvalue weighted by molar-refractivity contribution is -0.134. The minimum absolute atomic E-state index is 0.00392. The van der Waals surface area contributed by atoms with Gasteiger partial charge in [0.05, 0.1) is 15.2 Å².